The molecule has 0 unspecified atom stereocenters. The van der Waals surface area contributed by atoms with E-state index in [2.05, 4.69) is 10.6 Å². The Hall–Kier alpha value is -2.37. The normalized spacial score (nSPS) is 9.61. The van der Waals surface area contributed by atoms with Gasteiger partial charge in [0.05, 0.1) is 11.1 Å². The fraction of sp³-hybridized carbons (Fsp3) is 0.250. The van der Waals surface area contributed by atoms with Gasteiger partial charge in [0.15, 0.2) is 0 Å². The second kappa shape index (κ2) is 6.39. The highest BCUT2D eigenvalue weighted by Gasteiger charge is 2.14. The number of nitrogens with one attached hydrogen (secondary N) is 2. The third-order valence-electron chi connectivity index (χ3n) is 2.19. The van der Waals surface area contributed by atoms with Crippen LogP contribution in [-0.2, 0) is 4.79 Å². The van der Waals surface area contributed by atoms with Gasteiger partial charge in [0.1, 0.15) is 0 Å². The van der Waals surface area contributed by atoms with Crippen molar-refractivity contribution in [1.29, 1.82) is 0 Å². The van der Waals surface area contributed by atoms with Crippen LogP contribution in [0.25, 0.3) is 0 Å². The predicted octanol–water partition coefficient (Wildman–Crippen LogP) is 0.251. The van der Waals surface area contributed by atoms with E-state index in [0.29, 0.717) is 6.54 Å². The van der Waals surface area contributed by atoms with Crippen LogP contribution in [0.3, 0.4) is 0 Å². The lowest BCUT2D eigenvalue weighted by Gasteiger charge is -2.07. The molecule has 18 heavy (non-hydrogen) atoms. The molecular formula is C12H14N2O4. The molecule has 0 aromatic heterocycles. The van der Waals surface area contributed by atoms with E-state index >= 15 is 0 Å². The average Bonchev–Trinajstić information content (AvgIpc) is 2.34. The van der Waals surface area contributed by atoms with Gasteiger partial charge < -0.3 is 15.7 Å². The molecule has 1 rings (SSSR count). The molecule has 0 fully saturated rings. The van der Waals surface area contributed by atoms with Crippen LogP contribution in [0.2, 0.25) is 0 Å². The fourth-order valence-electron chi connectivity index (χ4n) is 1.38. The number of carbonyl (C=O) groups excluding carboxylic acids is 2. The number of amides is 2. The van der Waals surface area contributed by atoms with Crippen molar-refractivity contribution < 1.29 is 19.5 Å². The molecule has 2 amide bonds. The van der Waals surface area contributed by atoms with Gasteiger partial charge in [0.2, 0.25) is 5.91 Å². The average molecular weight is 250 g/mol. The SMILES string of the molecule is CC(=O)NCCNC(=O)c1ccccc1C(=O)O. The first kappa shape index (κ1) is 13.7. The third kappa shape index (κ3) is 3.89. The van der Waals surface area contributed by atoms with Crippen LogP contribution in [0.1, 0.15) is 27.6 Å². The third-order valence-corrected chi connectivity index (χ3v) is 2.19. The predicted molar refractivity (Wildman–Crippen MR) is 64.4 cm³/mol. The highest BCUT2D eigenvalue weighted by atomic mass is 16.4. The first-order valence-corrected chi connectivity index (χ1v) is 5.37. The molecule has 0 spiro atoms. The summed E-state index contributed by atoms with van der Waals surface area (Å²) in [4.78, 5) is 33.2. The number of hydrogen-bond donors (Lipinski definition) is 3. The summed E-state index contributed by atoms with van der Waals surface area (Å²) in [7, 11) is 0. The molecule has 0 aliphatic heterocycles. The largest absolute Gasteiger partial charge is 0.478 e. The monoisotopic (exact) mass is 250 g/mol. The minimum atomic E-state index is -1.15. The van der Waals surface area contributed by atoms with E-state index in [1.807, 2.05) is 0 Å². The molecule has 0 heterocycles. The summed E-state index contributed by atoms with van der Waals surface area (Å²) in [5.41, 5.74) is 0.0577. The molecule has 0 saturated heterocycles. The van der Waals surface area contributed by atoms with E-state index in [-0.39, 0.29) is 23.6 Å². The Morgan fingerprint density at radius 3 is 2.17 bits per heavy atom. The molecule has 0 aliphatic carbocycles. The topological polar surface area (TPSA) is 95.5 Å². The molecule has 0 bridgehead atoms. The summed E-state index contributed by atoms with van der Waals surface area (Å²) in [6.45, 7) is 1.92. The molecule has 96 valence electrons. The van der Waals surface area contributed by atoms with Crippen LogP contribution in [0.15, 0.2) is 24.3 Å². The molecule has 6 nitrogen and oxygen atoms in total. The fourth-order valence-corrected chi connectivity index (χ4v) is 1.38. The maximum absolute atomic E-state index is 11.7. The van der Waals surface area contributed by atoms with Crippen molar-refractivity contribution >= 4 is 17.8 Å². The first-order valence-electron chi connectivity index (χ1n) is 5.37. The van der Waals surface area contributed by atoms with Gasteiger partial charge in [-0.2, -0.15) is 0 Å². The Bertz CT molecular complexity index is 471. The van der Waals surface area contributed by atoms with Gasteiger partial charge in [-0.25, -0.2) is 4.79 Å². The van der Waals surface area contributed by atoms with Gasteiger partial charge in [0.25, 0.3) is 5.91 Å². The maximum Gasteiger partial charge on any atom is 0.336 e. The summed E-state index contributed by atoms with van der Waals surface area (Å²) < 4.78 is 0. The summed E-state index contributed by atoms with van der Waals surface area (Å²) in [5, 5.41) is 14.0. The molecule has 0 aliphatic rings. The van der Waals surface area contributed by atoms with Crippen LogP contribution in [0.4, 0.5) is 0 Å². The molecule has 1 aromatic carbocycles. The van der Waals surface area contributed by atoms with Gasteiger partial charge in [-0.1, -0.05) is 12.1 Å². The Morgan fingerprint density at radius 2 is 1.61 bits per heavy atom. The van der Waals surface area contributed by atoms with Crippen LogP contribution >= 0.6 is 0 Å². The second-order valence-corrected chi connectivity index (χ2v) is 3.59. The number of carboxylic acid groups (broad SMARTS) is 1. The van der Waals surface area contributed by atoms with E-state index in [1.165, 1.54) is 19.1 Å². The summed E-state index contributed by atoms with van der Waals surface area (Å²) in [6.07, 6.45) is 0. The Labute approximate surface area is 104 Å². The van der Waals surface area contributed by atoms with Crippen molar-refractivity contribution in [3.05, 3.63) is 35.4 Å². The van der Waals surface area contributed by atoms with Crippen LogP contribution < -0.4 is 10.6 Å². The summed E-state index contributed by atoms with van der Waals surface area (Å²) >= 11 is 0. The number of carboxylic acids is 1. The highest BCUT2D eigenvalue weighted by molar-refractivity contribution is 6.04. The molecule has 0 radical (unpaired) electrons. The van der Waals surface area contributed by atoms with E-state index < -0.39 is 11.9 Å². The standard InChI is InChI=1S/C12H14N2O4/c1-8(15)13-6-7-14-11(16)9-4-2-3-5-10(9)12(17)18/h2-5H,6-7H2,1H3,(H,13,15)(H,14,16)(H,17,18). The lowest BCUT2D eigenvalue weighted by Crippen LogP contribution is -2.34. The number of benzene rings is 1. The molecule has 0 saturated carbocycles. The Morgan fingerprint density at radius 1 is 1.06 bits per heavy atom. The van der Waals surface area contributed by atoms with Gasteiger partial charge in [-0.15, -0.1) is 0 Å². The van der Waals surface area contributed by atoms with Crippen molar-refractivity contribution in [2.45, 2.75) is 6.92 Å². The van der Waals surface area contributed by atoms with E-state index in [9.17, 15) is 14.4 Å². The minimum absolute atomic E-state index is 0.0467. The van der Waals surface area contributed by atoms with Gasteiger partial charge in [-0.05, 0) is 12.1 Å². The minimum Gasteiger partial charge on any atom is -0.478 e. The molecule has 6 heteroatoms. The zero-order valence-corrected chi connectivity index (χ0v) is 9.90. The Kier molecular flexibility index (Phi) is 4.86. The lowest BCUT2D eigenvalue weighted by molar-refractivity contribution is -0.118. The number of rotatable bonds is 5. The molecular weight excluding hydrogens is 236 g/mol. The quantitative estimate of drug-likeness (QED) is 0.653. The van der Waals surface area contributed by atoms with Crippen molar-refractivity contribution in [3.8, 4) is 0 Å². The van der Waals surface area contributed by atoms with Crippen molar-refractivity contribution in [2.75, 3.05) is 13.1 Å². The van der Waals surface area contributed by atoms with Crippen LogP contribution in [0, 0.1) is 0 Å². The first-order chi connectivity index (χ1) is 8.52. The maximum atomic E-state index is 11.7. The van der Waals surface area contributed by atoms with Crippen LogP contribution in [-0.4, -0.2) is 36.0 Å². The van der Waals surface area contributed by atoms with Crippen molar-refractivity contribution in [2.24, 2.45) is 0 Å². The lowest BCUT2D eigenvalue weighted by atomic mass is 10.1. The van der Waals surface area contributed by atoms with Gasteiger partial charge >= 0.3 is 5.97 Å². The van der Waals surface area contributed by atoms with Crippen molar-refractivity contribution in [1.82, 2.24) is 10.6 Å². The van der Waals surface area contributed by atoms with Crippen molar-refractivity contribution in [3.63, 3.8) is 0 Å². The van der Waals surface area contributed by atoms with E-state index in [1.54, 1.807) is 12.1 Å². The van der Waals surface area contributed by atoms with Crippen LogP contribution in [0.5, 0.6) is 0 Å². The zero-order chi connectivity index (χ0) is 13.5. The summed E-state index contributed by atoms with van der Waals surface area (Å²) in [5.74, 6) is -1.81. The number of hydrogen-bond acceptors (Lipinski definition) is 3. The molecule has 0 atom stereocenters. The highest BCUT2D eigenvalue weighted by Crippen LogP contribution is 2.08. The molecule has 3 N–H and O–H groups in total. The zero-order valence-electron chi connectivity index (χ0n) is 9.90. The number of aromatic carboxylic acids is 1. The second-order valence-electron chi connectivity index (χ2n) is 3.59. The van der Waals surface area contributed by atoms with Gasteiger partial charge in [0, 0.05) is 20.0 Å². The molecule has 1 aromatic rings. The van der Waals surface area contributed by atoms with Gasteiger partial charge in [-0.3, -0.25) is 9.59 Å². The smallest absolute Gasteiger partial charge is 0.336 e. The summed E-state index contributed by atoms with van der Waals surface area (Å²) in [6, 6.07) is 5.95. The van der Waals surface area contributed by atoms with E-state index in [4.69, 9.17) is 5.11 Å². The number of carbonyl (C=O) groups is 3. The Balaban J connectivity index is 2.61. The van der Waals surface area contributed by atoms with E-state index in [0.717, 1.165) is 0 Å².